The number of halogens is 4. The third-order valence-electron chi connectivity index (χ3n) is 2.63. The number of sulfonamides is 1. The van der Waals surface area contributed by atoms with Gasteiger partial charge in [-0.25, -0.2) is 17.2 Å². The van der Waals surface area contributed by atoms with E-state index in [1.807, 2.05) is 0 Å². The summed E-state index contributed by atoms with van der Waals surface area (Å²) >= 11 is 6.19. The molecule has 112 valence electrons. The number of hydrogen-bond donors (Lipinski definition) is 1. The fourth-order valence-electron chi connectivity index (χ4n) is 1.59. The second-order valence-electron chi connectivity index (χ2n) is 4.13. The van der Waals surface area contributed by atoms with Crippen molar-refractivity contribution < 1.29 is 17.2 Å². The van der Waals surface area contributed by atoms with Gasteiger partial charge in [0.05, 0.1) is 10.6 Å². The zero-order chi connectivity index (χ0) is 15.6. The summed E-state index contributed by atoms with van der Waals surface area (Å²) in [6.07, 6.45) is 0. The Labute approximate surface area is 137 Å². The molecule has 0 radical (unpaired) electrons. The first-order chi connectivity index (χ1) is 9.83. The fraction of sp³-hybridized carbons (Fsp3) is 0.0769. The Morgan fingerprint density at radius 3 is 2.24 bits per heavy atom. The van der Waals surface area contributed by atoms with Gasteiger partial charge in [-0.05, 0) is 39.7 Å². The summed E-state index contributed by atoms with van der Waals surface area (Å²) in [7, 11) is -3.95. The van der Waals surface area contributed by atoms with E-state index in [1.54, 1.807) is 12.1 Å². The van der Waals surface area contributed by atoms with Crippen molar-refractivity contribution in [3.63, 3.8) is 0 Å². The summed E-state index contributed by atoms with van der Waals surface area (Å²) in [5.74, 6) is -1.80. The molecule has 8 heteroatoms. The molecule has 0 bridgehead atoms. The number of nitrogens with one attached hydrogen (secondary N) is 1. The highest BCUT2D eigenvalue weighted by Crippen LogP contribution is 2.29. The normalized spacial score (nSPS) is 11.4. The summed E-state index contributed by atoms with van der Waals surface area (Å²) in [6, 6.07) is 7.69. The van der Waals surface area contributed by atoms with E-state index in [-0.39, 0.29) is 15.1 Å². The van der Waals surface area contributed by atoms with Crippen LogP contribution in [-0.4, -0.2) is 8.42 Å². The molecule has 1 N–H and O–H groups in total. The lowest BCUT2D eigenvalue weighted by atomic mass is 10.2. The fourth-order valence-corrected chi connectivity index (χ4v) is 3.69. The molecule has 0 saturated carbocycles. The van der Waals surface area contributed by atoms with E-state index in [4.69, 9.17) is 0 Å². The van der Waals surface area contributed by atoms with E-state index in [2.05, 4.69) is 36.6 Å². The van der Waals surface area contributed by atoms with Gasteiger partial charge in [0.2, 0.25) is 0 Å². The van der Waals surface area contributed by atoms with Gasteiger partial charge in [0, 0.05) is 15.9 Å². The number of rotatable bonds is 4. The highest BCUT2D eigenvalue weighted by Gasteiger charge is 2.19. The van der Waals surface area contributed by atoms with Crippen molar-refractivity contribution >= 4 is 47.6 Å². The lowest BCUT2D eigenvalue weighted by Gasteiger charge is -2.11. The van der Waals surface area contributed by atoms with Gasteiger partial charge in [-0.3, -0.25) is 4.72 Å². The van der Waals surface area contributed by atoms with Gasteiger partial charge in [-0.2, -0.15) is 0 Å². The highest BCUT2D eigenvalue weighted by atomic mass is 79.9. The molecule has 21 heavy (non-hydrogen) atoms. The molecule has 3 nitrogen and oxygen atoms in total. The maximum atomic E-state index is 13.7. The Hall–Kier alpha value is -0.990. The van der Waals surface area contributed by atoms with E-state index < -0.39 is 21.7 Å². The number of alkyl halides is 1. The Morgan fingerprint density at radius 1 is 1.10 bits per heavy atom. The molecule has 0 aliphatic heterocycles. The maximum absolute atomic E-state index is 13.7. The van der Waals surface area contributed by atoms with E-state index in [0.29, 0.717) is 11.4 Å². The molecular weight excluding hydrogens is 432 g/mol. The number of benzene rings is 2. The molecule has 0 unspecified atom stereocenters. The van der Waals surface area contributed by atoms with Gasteiger partial charge in [-0.1, -0.05) is 28.1 Å². The van der Waals surface area contributed by atoms with Crippen molar-refractivity contribution in [3.05, 3.63) is 58.1 Å². The minimum atomic E-state index is -3.95. The average molecular weight is 441 g/mol. The van der Waals surface area contributed by atoms with Crippen LogP contribution in [0.4, 0.5) is 14.5 Å². The lowest BCUT2D eigenvalue weighted by molar-refractivity contribution is 0.581. The van der Waals surface area contributed by atoms with Gasteiger partial charge >= 0.3 is 0 Å². The van der Waals surface area contributed by atoms with Gasteiger partial charge in [0.15, 0.2) is 5.82 Å². The third-order valence-corrected chi connectivity index (χ3v) is 5.27. The Morgan fingerprint density at radius 2 is 1.71 bits per heavy atom. The topological polar surface area (TPSA) is 46.2 Å². The van der Waals surface area contributed by atoms with Crippen LogP contribution in [0.3, 0.4) is 0 Å². The molecule has 0 aliphatic rings. The third kappa shape index (κ3) is 3.81. The largest absolute Gasteiger partial charge is 0.275 e. The number of hydrogen-bond acceptors (Lipinski definition) is 2. The van der Waals surface area contributed by atoms with Crippen LogP contribution in [-0.2, 0) is 15.4 Å². The minimum Gasteiger partial charge on any atom is -0.275 e. The monoisotopic (exact) mass is 439 g/mol. The van der Waals surface area contributed by atoms with E-state index in [9.17, 15) is 17.2 Å². The molecule has 0 amide bonds. The smallest absolute Gasteiger partial charge is 0.262 e. The van der Waals surface area contributed by atoms with Gasteiger partial charge in [0.1, 0.15) is 5.82 Å². The Kier molecular flexibility index (Phi) is 5.00. The average Bonchev–Trinajstić information content (AvgIpc) is 2.43. The first-order valence-corrected chi connectivity index (χ1v) is 9.05. The molecule has 0 atom stereocenters. The molecule has 0 aromatic heterocycles. The van der Waals surface area contributed by atoms with Crippen LogP contribution in [0.2, 0.25) is 0 Å². The molecule has 2 aromatic rings. The first kappa shape index (κ1) is 16.4. The second kappa shape index (κ2) is 6.41. The highest BCUT2D eigenvalue weighted by molar-refractivity contribution is 9.10. The van der Waals surface area contributed by atoms with E-state index in [1.165, 1.54) is 12.1 Å². The van der Waals surface area contributed by atoms with Gasteiger partial charge in [-0.15, -0.1) is 0 Å². The zero-order valence-electron chi connectivity index (χ0n) is 10.4. The predicted molar refractivity (Wildman–Crippen MR) is 83.9 cm³/mol. The van der Waals surface area contributed by atoms with Gasteiger partial charge in [0.25, 0.3) is 10.0 Å². The molecule has 2 rings (SSSR count). The molecule has 0 aliphatic carbocycles. The van der Waals surface area contributed by atoms with Crippen molar-refractivity contribution in [1.29, 1.82) is 0 Å². The molecular formula is C13H9Br2F2NO2S. The summed E-state index contributed by atoms with van der Waals surface area (Å²) in [4.78, 5) is -0.0113. The first-order valence-electron chi connectivity index (χ1n) is 5.66. The zero-order valence-corrected chi connectivity index (χ0v) is 14.4. The Bertz CT molecular complexity index is 741. The van der Waals surface area contributed by atoms with Crippen LogP contribution in [0.25, 0.3) is 0 Å². The quantitative estimate of drug-likeness (QED) is 0.715. The molecule has 0 spiro atoms. The number of anilines is 1. The summed E-state index contributed by atoms with van der Waals surface area (Å²) < 4.78 is 53.1. The molecule has 0 saturated heterocycles. The molecule has 0 heterocycles. The van der Waals surface area contributed by atoms with Crippen LogP contribution in [0.1, 0.15) is 5.56 Å². The minimum absolute atomic E-state index is 0.0113. The van der Waals surface area contributed by atoms with Crippen molar-refractivity contribution in [2.24, 2.45) is 0 Å². The summed E-state index contributed by atoms with van der Waals surface area (Å²) in [5.41, 5.74) is 0.573. The van der Waals surface area contributed by atoms with E-state index in [0.717, 1.165) is 11.6 Å². The summed E-state index contributed by atoms with van der Waals surface area (Å²) in [5, 5.41) is 0.596. The van der Waals surface area contributed by atoms with Gasteiger partial charge < -0.3 is 0 Å². The van der Waals surface area contributed by atoms with E-state index >= 15 is 0 Å². The van der Waals surface area contributed by atoms with Crippen molar-refractivity contribution in [1.82, 2.24) is 0 Å². The standard InChI is InChI=1S/C13H9Br2F2NO2S/c14-7-8-1-3-10(4-2-8)21(19,20)18-13-11(15)5-9(16)6-12(13)17/h1-6,18H,7H2. The van der Waals surface area contributed by atoms with Crippen LogP contribution >= 0.6 is 31.9 Å². The van der Waals surface area contributed by atoms with Crippen LogP contribution in [0.15, 0.2) is 45.8 Å². The van der Waals surface area contributed by atoms with Crippen LogP contribution < -0.4 is 4.72 Å². The molecule has 2 aromatic carbocycles. The van der Waals surface area contributed by atoms with Crippen molar-refractivity contribution in [2.45, 2.75) is 10.2 Å². The summed E-state index contributed by atoms with van der Waals surface area (Å²) in [6.45, 7) is 0. The van der Waals surface area contributed by atoms with Crippen molar-refractivity contribution in [3.8, 4) is 0 Å². The predicted octanol–water partition coefficient (Wildman–Crippen LogP) is 4.42. The maximum Gasteiger partial charge on any atom is 0.262 e. The van der Waals surface area contributed by atoms with Crippen molar-refractivity contribution in [2.75, 3.05) is 4.72 Å². The second-order valence-corrected chi connectivity index (χ2v) is 7.22. The van der Waals surface area contributed by atoms with Crippen LogP contribution in [0, 0.1) is 11.6 Å². The molecule has 0 fully saturated rings. The lowest BCUT2D eigenvalue weighted by Crippen LogP contribution is -2.14. The Balaban J connectivity index is 2.37. The van der Waals surface area contributed by atoms with Crippen LogP contribution in [0.5, 0.6) is 0 Å². The SMILES string of the molecule is O=S(=O)(Nc1c(F)cc(F)cc1Br)c1ccc(CBr)cc1.